The molecule has 25 heavy (non-hydrogen) atoms. The van der Waals surface area contributed by atoms with Crippen molar-refractivity contribution < 1.29 is 14.3 Å². The Bertz CT molecular complexity index is 849. The largest absolute Gasteiger partial charge is 0.493 e. The maximum atomic E-state index is 12.5. The van der Waals surface area contributed by atoms with Gasteiger partial charge in [0.25, 0.3) is 5.91 Å². The van der Waals surface area contributed by atoms with Crippen LogP contribution in [-0.4, -0.2) is 18.4 Å². The van der Waals surface area contributed by atoms with Crippen molar-refractivity contribution in [2.45, 2.75) is 12.8 Å². The number of rotatable bonds is 4. The van der Waals surface area contributed by atoms with Gasteiger partial charge < -0.3 is 15.4 Å². The van der Waals surface area contributed by atoms with Crippen LogP contribution in [0.15, 0.2) is 49.1 Å². The Morgan fingerprint density at radius 2 is 2.04 bits per heavy atom. The number of carbonyl (C=O) groups is 2. The first-order valence-electron chi connectivity index (χ1n) is 7.87. The molecule has 128 valence electrons. The number of nitrogens with one attached hydrogen (secondary N) is 2. The van der Waals surface area contributed by atoms with Crippen LogP contribution in [0.4, 0.5) is 11.4 Å². The second-order valence-corrected chi connectivity index (χ2v) is 6.03. The van der Waals surface area contributed by atoms with Gasteiger partial charge in [-0.15, -0.1) is 0 Å². The minimum Gasteiger partial charge on any atom is -0.493 e. The quantitative estimate of drug-likeness (QED) is 0.812. The maximum Gasteiger partial charge on any atom is 0.255 e. The summed E-state index contributed by atoms with van der Waals surface area (Å²) in [4.78, 5) is 23.9. The number of hydrogen-bond acceptors (Lipinski definition) is 3. The number of aryl methyl sites for hydroxylation is 1. The van der Waals surface area contributed by atoms with Gasteiger partial charge in [-0.3, -0.25) is 9.59 Å². The normalized spacial score (nSPS) is 12.5. The highest BCUT2D eigenvalue weighted by atomic mass is 35.5. The molecule has 0 spiro atoms. The van der Waals surface area contributed by atoms with E-state index in [0.29, 0.717) is 28.6 Å². The molecule has 0 atom stereocenters. The molecule has 0 unspecified atom stereocenters. The molecule has 0 bridgehead atoms. The van der Waals surface area contributed by atoms with Crippen molar-refractivity contribution >= 4 is 34.8 Å². The molecule has 0 aliphatic carbocycles. The highest BCUT2D eigenvalue weighted by Gasteiger charge is 2.16. The van der Waals surface area contributed by atoms with Crippen molar-refractivity contribution in [3.63, 3.8) is 0 Å². The van der Waals surface area contributed by atoms with Crippen molar-refractivity contribution in [2.24, 2.45) is 0 Å². The van der Waals surface area contributed by atoms with Crippen molar-refractivity contribution in [3.05, 3.63) is 65.2 Å². The molecule has 5 nitrogen and oxygen atoms in total. The lowest BCUT2D eigenvalue weighted by molar-refractivity contribution is -0.111. The molecule has 6 heteroatoms. The molecule has 2 aromatic rings. The molecule has 2 aromatic carbocycles. The minimum absolute atomic E-state index is 0.312. The first-order chi connectivity index (χ1) is 12.1. The average molecular weight is 357 g/mol. The van der Waals surface area contributed by atoms with Crippen LogP contribution in [-0.2, 0) is 11.2 Å². The van der Waals surface area contributed by atoms with Gasteiger partial charge >= 0.3 is 0 Å². The van der Waals surface area contributed by atoms with E-state index in [1.54, 1.807) is 30.3 Å². The van der Waals surface area contributed by atoms with Crippen LogP contribution in [0.25, 0.3) is 0 Å². The monoisotopic (exact) mass is 356 g/mol. The third-order valence-electron chi connectivity index (χ3n) is 3.82. The van der Waals surface area contributed by atoms with E-state index in [9.17, 15) is 9.59 Å². The zero-order valence-corrected chi connectivity index (χ0v) is 14.2. The molecular formula is C19H17ClN2O3. The van der Waals surface area contributed by atoms with Gasteiger partial charge in [-0.2, -0.15) is 0 Å². The van der Waals surface area contributed by atoms with E-state index < -0.39 is 0 Å². The fraction of sp³-hybridized carbons (Fsp3) is 0.158. The van der Waals surface area contributed by atoms with Crippen LogP contribution in [0.1, 0.15) is 22.3 Å². The Labute approximate surface area is 150 Å². The summed E-state index contributed by atoms with van der Waals surface area (Å²) in [5.74, 6) is 0.118. The van der Waals surface area contributed by atoms with Crippen LogP contribution in [0.5, 0.6) is 5.75 Å². The lowest BCUT2D eigenvalue weighted by Gasteiger charge is -2.19. The van der Waals surface area contributed by atoms with Gasteiger partial charge in [-0.05, 0) is 48.7 Å². The number of hydrogen-bond donors (Lipinski definition) is 2. The Balaban J connectivity index is 1.79. The van der Waals surface area contributed by atoms with Gasteiger partial charge in [0.2, 0.25) is 5.91 Å². The van der Waals surface area contributed by atoms with Crippen molar-refractivity contribution in [3.8, 4) is 5.75 Å². The van der Waals surface area contributed by atoms with E-state index >= 15 is 0 Å². The molecule has 0 saturated carbocycles. The number of anilines is 2. The van der Waals surface area contributed by atoms with Crippen molar-refractivity contribution in [2.75, 3.05) is 17.2 Å². The van der Waals surface area contributed by atoms with E-state index in [4.69, 9.17) is 16.3 Å². The SMILES string of the molecule is C=CC(=O)Nc1cccc(C(=O)Nc2cc3c(cc2Cl)OCCC3)c1. The van der Waals surface area contributed by atoms with E-state index in [0.717, 1.165) is 24.2 Å². The molecular weight excluding hydrogens is 340 g/mol. The highest BCUT2D eigenvalue weighted by Crippen LogP contribution is 2.34. The predicted molar refractivity (Wildman–Crippen MR) is 98.5 cm³/mol. The van der Waals surface area contributed by atoms with E-state index in [-0.39, 0.29) is 11.8 Å². The Kier molecular flexibility index (Phi) is 5.05. The topological polar surface area (TPSA) is 67.4 Å². The van der Waals surface area contributed by atoms with Gasteiger partial charge in [-0.1, -0.05) is 24.2 Å². The second-order valence-electron chi connectivity index (χ2n) is 5.62. The summed E-state index contributed by atoms with van der Waals surface area (Å²) < 4.78 is 5.57. The molecule has 0 saturated heterocycles. The maximum absolute atomic E-state index is 12.5. The summed E-state index contributed by atoms with van der Waals surface area (Å²) in [5, 5.41) is 5.86. The zero-order valence-electron chi connectivity index (χ0n) is 13.5. The molecule has 1 aliphatic rings. The van der Waals surface area contributed by atoms with Gasteiger partial charge in [0, 0.05) is 17.3 Å². The standard InChI is InChI=1S/C19H17ClN2O3/c1-2-18(23)21-14-7-3-5-13(9-14)19(24)22-16-10-12-6-4-8-25-17(12)11-15(16)20/h2-3,5,7,9-11H,1,4,6,8H2,(H,21,23)(H,22,24). The number of halogens is 1. The molecule has 0 fully saturated rings. The van der Waals surface area contributed by atoms with Crippen LogP contribution in [0.3, 0.4) is 0 Å². The predicted octanol–water partition coefficient (Wildman–Crippen LogP) is 4.04. The number of benzene rings is 2. The van der Waals surface area contributed by atoms with Gasteiger partial charge in [0.1, 0.15) is 5.75 Å². The molecule has 0 aromatic heterocycles. The lowest BCUT2D eigenvalue weighted by Crippen LogP contribution is -2.15. The minimum atomic E-state index is -0.338. The van der Waals surface area contributed by atoms with Crippen LogP contribution in [0.2, 0.25) is 5.02 Å². The third kappa shape index (κ3) is 4.00. The van der Waals surface area contributed by atoms with Crippen LogP contribution >= 0.6 is 11.6 Å². The first-order valence-corrected chi connectivity index (χ1v) is 8.24. The molecule has 2 N–H and O–H groups in total. The number of fused-ring (bicyclic) bond motifs is 1. The summed E-state index contributed by atoms with van der Waals surface area (Å²) in [6.45, 7) is 4.08. The van der Waals surface area contributed by atoms with E-state index in [2.05, 4.69) is 17.2 Å². The fourth-order valence-corrected chi connectivity index (χ4v) is 2.80. The molecule has 2 amide bonds. The molecule has 3 rings (SSSR count). The zero-order chi connectivity index (χ0) is 17.8. The van der Waals surface area contributed by atoms with Gasteiger partial charge in [0.15, 0.2) is 0 Å². The smallest absolute Gasteiger partial charge is 0.255 e. The van der Waals surface area contributed by atoms with Gasteiger partial charge in [0.05, 0.1) is 17.3 Å². The van der Waals surface area contributed by atoms with Gasteiger partial charge in [-0.25, -0.2) is 0 Å². The summed E-state index contributed by atoms with van der Waals surface area (Å²) in [6.07, 6.45) is 2.99. The Morgan fingerprint density at radius 3 is 2.84 bits per heavy atom. The van der Waals surface area contributed by atoms with Crippen LogP contribution in [0, 0.1) is 0 Å². The van der Waals surface area contributed by atoms with Crippen molar-refractivity contribution in [1.82, 2.24) is 0 Å². The third-order valence-corrected chi connectivity index (χ3v) is 4.14. The van der Waals surface area contributed by atoms with E-state index in [1.807, 2.05) is 6.07 Å². The number of ether oxygens (including phenoxy) is 1. The average Bonchev–Trinajstić information content (AvgIpc) is 2.62. The van der Waals surface area contributed by atoms with Crippen LogP contribution < -0.4 is 15.4 Å². The molecule has 1 heterocycles. The summed E-state index contributed by atoms with van der Waals surface area (Å²) in [5.41, 5.74) is 2.49. The first kappa shape index (κ1) is 17.0. The lowest BCUT2D eigenvalue weighted by atomic mass is 10.1. The Morgan fingerprint density at radius 1 is 1.20 bits per heavy atom. The Hall–Kier alpha value is -2.79. The van der Waals surface area contributed by atoms with Crippen molar-refractivity contribution in [1.29, 1.82) is 0 Å². The number of carbonyl (C=O) groups excluding carboxylic acids is 2. The summed E-state index contributed by atoms with van der Waals surface area (Å²) in [7, 11) is 0. The molecule has 1 aliphatic heterocycles. The number of amides is 2. The highest BCUT2D eigenvalue weighted by molar-refractivity contribution is 6.34. The summed E-state index contributed by atoms with van der Waals surface area (Å²) in [6, 6.07) is 10.2. The summed E-state index contributed by atoms with van der Waals surface area (Å²) >= 11 is 6.25. The van der Waals surface area contributed by atoms with E-state index in [1.165, 1.54) is 6.08 Å². The second kappa shape index (κ2) is 7.40. The molecule has 0 radical (unpaired) electrons. The fourth-order valence-electron chi connectivity index (χ4n) is 2.60.